The highest BCUT2D eigenvalue weighted by Gasteiger charge is 2.16. The molecule has 130 valence electrons. The summed E-state index contributed by atoms with van der Waals surface area (Å²) in [7, 11) is 5.42. The van der Waals surface area contributed by atoms with E-state index in [-0.39, 0.29) is 5.56 Å². The van der Waals surface area contributed by atoms with Crippen molar-refractivity contribution in [2.75, 3.05) is 21.2 Å². The van der Waals surface area contributed by atoms with Crippen molar-refractivity contribution in [2.45, 2.75) is 13.1 Å². The molecule has 2 aliphatic heterocycles. The summed E-state index contributed by atoms with van der Waals surface area (Å²) in [6.45, 7) is 1.23. The van der Waals surface area contributed by atoms with Crippen LogP contribution < -0.4 is 4.74 Å². The second kappa shape index (κ2) is 6.90. The molecule has 0 fully saturated rings. The number of carboxylic acid groups (broad SMARTS) is 1. The fourth-order valence-corrected chi connectivity index (χ4v) is 2.71. The first-order chi connectivity index (χ1) is 12.0. The van der Waals surface area contributed by atoms with Gasteiger partial charge < -0.3 is 19.3 Å². The van der Waals surface area contributed by atoms with Gasteiger partial charge in [-0.05, 0) is 43.9 Å². The smallest absolute Gasteiger partial charge is 0.339 e. The van der Waals surface area contributed by atoms with E-state index in [2.05, 4.69) is 9.97 Å². The molecule has 7 heteroatoms. The molecule has 0 bridgehead atoms. The van der Waals surface area contributed by atoms with Crippen LogP contribution in [0.1, 0.15) is 21.7 Å². The van der Waals surface area contributed by atoms with E-state index in [0.29, 0.717) is 18.8 Å². The summed E-state index contributed by atoms with van der Waals surface area (Å²) in [6, 6.07) is 8.96. The van der Waals surface area contributed by atoms with Gasteiger partial charge in [-0.3, -0.25) is 0 Å². The Labute approximate surface area is 145 Å². The predicted octanol–water partition coefficient (Wildman–Crippen LogP) is 2.20. The molecular weight excluding hydrogens is 320 g/mol. The number of rotatable bonds is 6. The molecule has 1 aromatic rings. The largest absolute Gasteiger partial charge is 0.496 e. The van der Waals surface area contributed by atoms with Crippen LogP contribution in [0.5, 0.6) is 5.75 Å². The molecule has 0 spiro atoms. The molecule has 3 rings (SSSR count). The fourth-order valence-electron chi connectivity index (χ4n) is 2.71. The molecule has 1 aromatic carbocycles. The van der Waals surface area contributed by atoms with Crippen LogP contribution in [-0.4, -0.2) is 51.7 Å². The van der Waals surface area contributed by atoms with Crippen molar-refractivity contribution >= 4 is 5.97 Å². The lowest BCUT2D eigenvalue weighted by atomic mass is 10.1. The van der Waals surface area contributed by atoms with E-state index in [0.717, 1.165) is 22.9 Å². The molecule has 0 amide bonds. The van der Waals surface area contributed by atoms with Crippen molar-refractivity contribution in [2.24, 2.45) is 0 Å². The van der Waals surface area contributed by atoms with E-state index in [1.165, 1.54) is 7.11 Å². The maximum Gasteiger partial charge on any atom is 0.339 e. The number of benzene rings is 1. The van der Waals surface area contributed by atoms with E-state index in [9.17, 15) is 9.90 Å². The standard InChI is InChI=1S/C18H20N4O3/c1-21(2)11-16-19-14-5-4-8-22(17(14)20-16)10-12-6-7-13(18(23)24)15(9-12)25-3/h4-9H,10-11H2,1-3H3,(H,23,24). The highest BCUT2D eigenvalue weighted by molar-refractivity contribution is 5.91. The number of hydrogen-bond donors (Lipinski definition) is 1. The van der Waals surface area contributed by atoms with E-state index in [4.69, 9.17) is 4.74 Å². The minimum atomic E-state index is -1.01. The Morgan fingerprint density at radius 2 is 2.08 bits per heavy atom. The van der Waals surface area contributed by atoms with E-state index < -0.39 is 5.97 Å². The maximum absolute atomic E-state index is 11.2. The van der Waals surface area contributed by atoms with Crippen molar-refractivity contribution in [1.82, 2.24) is 19.4 Å². The summed E-state index contributed by atoms with van der Waals surface area (Å²) >= 11 is 0. The first kappa shape index (κ1) is 16.9. The first-order valence-corrected chi connectivity index (χ1v) is 7.84. The normalized spacial score (nSPS) is 11.2. The van der Waals surface area contributed by atoms with Crippen LogP contribution in [0.25, 0.3) is 11.5 Å². The molecule has 2 heterocycles. The monoisotopic (exact) mass is 340 g/mol. The average Bonchev–Trinajstić information content (AvgIpc) is 2.97. The Hall–Kier alpha value is -2.93. The van der Waals surface area contributed by atoms with Gasteiger partial charge in [0.2, 0.25) is 0 Å². The van der Waals surface area contributed by atoms with E-state index in [1.807, 2.05) is 41.9 Å². The molecular formula is C18H20N4O3. The Bertz CT molecular complexity index is 873. The van der Waals surface area contributed by atoms with Crippen LogP contribution in [0.15, 0.2) is 36.5 Å². The lowest BCUT2D eigenvalue weighted by Crippen LogP contribution is -2.11. The van der Waals surface area contributed by atoms with E-state index in [1.54, 1.807) is 18.2 Å². The average molecular weight is 340 g/mol. The number of aromatic carboxylic acids is 1. The number of carbonyl (C=O) groups is 1. The zero-order valence-corrected chi connectivity index (χ0v) is 14.4. The van der Waals surface area contributed by atoms with Gasteiger partial charge in [0.1, 0.15) is 22.8 Å². The zero-order valence-electron chi connectivity index (χ0n) is 14.4. The van der Waals surface area contributed by atoms with Gasteiger partial charge in [0.05, 0.1) is 13.7 Å². The van der Waals surface area contributed by atoms with Crippen LogP contribution in [0.3, 0.4) is 0 Å². The third kappa shape index (κ3) is 3.61. The SMILES string of the molecule is COc1cc(Cn2cccc3nc(CN(C)C)nc2-3)ccc1C(=O)O. The van der Waals surface area contributed by atoms with Gasteiger partial charge in [0.25, 0.3) is 0 Å². The molecule has 0 atom stereocenters. The molecule has 0 saturated carbocycles. The molecule has 0 radical (unpaired) electrons. The zero-order chi connectivity index (χ0) is 18.0. The highest BCUT2D eigenvalue weighted by atomic mass is 16.5. The molecule has 1 N–H and O–H groups in total. The van der Waals surface area contributed by atoms with E-state index >= 15 is 0 Å². The lowest BCUT2D eigenvalue weighted by Gasteiger charge is -2.12. The van der Waals surface area contributed by atoms with Gasteiger partial charge in [-0.25, -0.2) is 14.8 Å². The van der Waals surface area contributed by atoms with Crippen LogP contribution in [0.2, 0.25) is 0 Å². The molecule has 7 nitrogen and oxygen atoms in total. The molecule has 2 aliphatic rings. The van der Waals surface area contributed by atoms with Gasteiger partial charge in [0.15, 0.2) is 5.82 Å². The summed E-state index contributed by atoms with van der Waals surface area (Å²) in [5.41, 5.74) is 1.92. The number of methoxy groups -OCH3 is 1. The summed E-state index contributed by atoms with van der Waals surface area (Å²) in [5.74, 6) is 0.924. The number of ether oxygens (including phenoxy) is 1. The number of nitrogens with zero attached hydrogens (tertiary/aromatic N) is 4. The van der Waals surface area contributed by atoms with Crippen molar-refractivity contribution in [3.8, 4) is 17.3 Å². The molecule has 0 aliphatic carbocycles. The predicted molar refractivity (Wildman–Crippen MR) is 93.1 cm³/mol. The summed E-state index contributed by atoms with van der Waals surface area (Å²) in [4.78, 5) is 22.4. The summed E-state index contributed by atoms with van der Waals surface area (Å²) < 4.78 is 7.19. The Balaban J connectivity index is 1.93. The van der Waals surface area contributed by atoms with Crippen molar-refractivity contribution in [1.29, 1.82) is 0 Å². The number of carboxylic acids is 1. The van der Waals surface area contributed by atoms with Gasteiger partial charge in [0, 0.05) is 12.7 Å². The number of aromatic nitrogens is 3. The Kier molecular flexibility index (Phi) is 4.67. The van der Waals surface area contributed by atoms with Crippen LogP contribution in [0, 0.1) is 0 Å². The Morgan fingerprint density at radius 1 is 1.28 bits per heavy atom. The number of pyridine rings is 1. The Morgan fingerprint density at radius 3 is 2.76 bits per heavy atom. The van der Waals surface area contributed by atoms with Crippen molar-refractivity contribution in [3.63, 3.8) is 0 Å². The maximum atomic E-state index is 11.2. The minimum absolute atomic E-state index is 0.149. The number of fused-ring (bicyclic) bond motifs is 1. The van der Waals surface area contributed by atoms with Crippen LogP contribution >= 0.6 is 0 Å². The summed E-state index contributed by atoms with van der Waals surface area (Å²) in [6.07, 6.45) is 1.94. The molecule has 0 saturated heterocycles. The second-order valence-electron chi connectivity index (χ2n) is 6.06. The minimum Gasteiger partial charge on any atom is -0.496 e. The van der Waals surface area contributed by atoms with Gasteiger partial charge >= 0.3 is 5.97 Å². The molecule has 0 unspecified atom stereocenters. The highest BCUT2D eigenvalue weighted by Crippen LogP contribution is 2.24. The lowest BCUT2D eigenvalue weighted by molar-refractivity contribution is 0.0693. The molecule has 25 heavy (non-hydrogen) atoms. The third-order valence-corrected chi connectivity index (χ3v) is 3.81. The van der Waals surface area contributed by atoms with Gasteiger partial charge in [-0.1, -0.05) is 6.07 Å². The van der Waals surface area contributed by atoms with Gasteiger partial charge in [-0.15, -0.1) is 0 Å². The molecule has 0 aromatic heterocycles. The fraction of sp³-hybridized carbons (Fsp3) is 0.278. The van der Waals surface area contributed by atoms with Crippen LogP contribution in [0.4, 0.5) is 0 Å². The summed E-state index contributed by atoms with van der Waals surface area (Å²) in [5, 5.41) is 9.19. The number of imidazole rings is 1. The van der Waals surface area contributed by atoms with Crippen LogP contribution in [-0.2, 0) is 13.1 Å². The quantitative estimate of drug-likeness (QED) is 0.741. The van der Waals surface area contributed by atoms with Crippen molar-refractivity contribution < 1.29 is 14.6 Å². The second-order valence-corrected chi connectivity index (χ2v) is 6.06. The number of hydrogen-bond acceptors (Lipinski definition) is 5. The van der Waals surface area contributed by atoms with Crippen molar-refractivity contribution in [3.05, 3.63) is 53.5 Å². The third-order valence-electron chi connectivity index (χ3n) is 3.81. The topological polar surface area (TPSA) is 80.5 Å². The van der Waals surface area contributed by atoms with Gasteiger partial charge in [-0.2, -0.15) is 0 Å². The first-order valence-electron chi connectivity index (χ1n) is 7.84.